The molecule has 1 N–H and O–H groups in total. The van der Waals surface area contributed by atoms with Crippen molar-refractivity contribution in [3.8, 4) is 22.7 Å². The molecule has 1 atom stereocenters. The van der Waals surface area contributed by atoms with Gasteiger partial charge in [0, 0.05) is 22.6 Å². The second kappa shape index (κ2) is 8.57. The molecule has 1 fully saturated rings. The molecule has 0 spiro atoms. The zero-order valence-corrected chi connectivity index (χ0v) is 19.2. The molecule has 0 radical (unpaired) electrons. The molecule has 2 heterocycles. The van der Waals surface area contributed by atoms with Gasteiger partial charge in [-0.25, -0.2) is 17.5 Å². The van der Waals surface area contributed by atoms with Crippen molar-refractivity contribution < 1.29 is 22.3 Å². The van der Waals surface area contributed by atoms with Gasteiger partial charge in [0.05, 0.1) is 29.8 Å². The van der Waals surface area contributed by atoms with Crippen molar-refractivity contribution in [1.82, 2.24) is 15.1 Å². The highest BCUT2D eigenvalue weighted by molar-refractivity contribution is 7.91. The highest BCUT2D eigenvalue weighted by Crippen LogP contribution is 2.32. The van der Waals surface area contributed by atoms with E-state index in [2.05, 4.69) is 5.32 Å². The Kier molecular flexibility index (Phi) is 5.57. The van der Waals surface area contributed by atoms with Gasteiger partial charge in [0.2, 0.25) is 0 Å². The van der Waals surface area contributed by atoms with Gasteiger partial charge in [-0.05, 0) is 61.0 Å². The van der Waals surface area contributed by atoms with Crippen molar-refractivity contribution in [2.45, 2.75) is 12.5 Å². The van der Waals surface area contributed by atoms with E-state index < -0.39 is 15.9 Å². The highest BCUT2D eigenvalue weighted by Gasteiger charge is 2.29. The summed E-state index contributed by atoms with van der Waals surface area (Å²) in [6.07, 6.45) is 0.407. The van der Waals surface area contributed by atoms with E-state index >= 15 is 0 Å². The first-order valence-corrected chi connectivity index (χ1v) is 12.6. The van der Waals surface area contributed by atoms with Gasteiger partial charge in [0.25, 0.3) is 5.91 Å². The summed E-state index contributed by atoms with van der Waals surface area (Å²) in [6, 6.07) is 18.3. The van der Waals surface area contributed by atoms with Crippen LogP contribution in [0.25, 0.3) is 27.8 Å². The number of rotatable bonds is 5. The Labute approximate surface area is 196 Å². The maximum Gasteiger partial charge on any atom is 0.251 e. The highest BCUT2D eigenvalue weighted by atomic mass is 32.2. The van der Waals surface area contributed by atoms with Crippen LogP contribution in [0.2, 0.25) is 0 Å². The normalized spacial score (nSPS) is 17.1. The number of fused-ring (bicyclic) bond motifs is 1. The van der Waals surface area contributed by atoms with Gasteiger partial charge < -0.3 is 10.1 Å². The van der Waals surface area contributed by atoms with E-state index in [9.17, 15) is 17.6 Å². The first kappa shape index (κ1) is 22.1. The number of carbonyl (C=O) groups excluding carboxylic acids is 1. The molecule has 9 heteroatoms. The number of benzene rings is 3. The third-order valence-corrected chi connectivity index (χ3v) is 7.69. The van der Waals surface area contributed by atoms with Crippen LogP contribution in [-0.2, 0) is 9.84 Å². The molecule has 1 unspecified atom stereocenters. The van der Waals surface area contributed by atoms with Crippen LogP contribution in [0.4, 0.5) is 4.39 Å². The fourth-order valence-electron chi connectivity index (χ4n) is 4.20. The summed E-state index contributed by atoms with van der Waals surface area (Å²) < 4.78 is 44.1. The summed E-state index contributed by atoms with van der Waals surface area (Å²) in [4.78, 5) is 12.9. The van der Waals surface area contributed by atoms with E-state index in [1.807, 2.05) is 30.3 Å². The third kappa shape index (κ3) is 4.26. The molecule has 5 rings (SSSR count). The number of sulfone groups is 1. The first-order chi connectivity index (χ1) is 16.3. The van der Waals surface area contributed by atoms with Crippen LogP contribution < -0.4 is 10.1 Å². The molecular formula is C25H22FN3O4S. The predicted octanol–water partition coefficient (Wildman–Crippen LogP) is 3.76. The number of halogens is 1. The largest absolute Gasteiger partial charge is 0.497 e. The molecule has 7 nitrogen and oxygen atoms in total. The number of methoxy groups -OCH3 is 1. The van der Waals surface area contributed by atoms with Gasteiger partial charge in [0.1, 0.15) is 17.3 Å². The Hall–Kier alpha value is -3.72. The average molecular weight is 480 g/mol. The number of nitrogens with zero attached hydrogens (tertiary/aromatic N) is 2. The van der Waals surface area contributed by atoms with Gasteiger partial charge in [0.15, 0.2) is 9.84 Å². The fourth-order valence-corrected chi connectivity index (χ4v) is 5.87. The van der Waals surface area contributed by atoms with Crippen molar-refractivity contribution in [1.29, 1.82) is 0 Å². The lowest BCUT2D eigenvalue weighted by molar-refractivity contribution is 0.0941. The molecule has 1 aromatic heterocycles. The molecule has 3 aromatic carbocycles. The molecule has 1 amide bonds. The van der Waals surface area contributed by atoms with Gasteiger partial charge in [-0.3, -0.25) is 4.79 Å². The zero-order chi connectivity index (χ0) is 23.9. The van der Waals surface area contributed by atoms with Crippen molar-refractivity contribution >= 4 is 26.6 Å². The van der Waals surface area contributed by atoms with E-state index in [-0.39, 0.29) is 23.2 Å². The van der Waals surface area contributed by atoms with Crippen LogP contribution >= 0.6 is 0 Å². The SMILES string of the molecule is COc1cccc(-c2nn(-c3ccc(F)cc3)c3cc(C(=O)NC4CCS(=O)(=O)C4)ccc23)c1. The Morgan fingerprint density at radius 1 is 1.12 bits per heavy atom. The zero-order valence-electron chi connectivity index (χ0n) is 18.4. The van der Waals surface area contributed by atoms with Crippen LogP contribution in [0.15, 0.2) is 66.7 Å². The van der Waals surface area contributed by atoms with Crippen LogP contribution in [0.5, 0.6) is 5.75 Å². The monoisotopic (exact) mass is 479 g/mol. The van der Waals surface area contributed by atoms with Crippen LogP contribution in [0.3, 0.4) is 0 Å². The van der Waals surface area contributed by atoms with Gasteiger partial charge in [-0.1, -0.05) is 12.1 Å². The maximum atomic E-state index is 13.5. The lowest BCUT2D eigenvalue weighted by Crippen LogP contribution is -2.35. The number of ether oxygens (including phenoxy) is 1. The summed E-state index contributed by atoms with van der Waals surface area (Å²) >= 11 is 0. The minimum absolute atomic E-state index is 0.0471. The standard InChI is InChI=1S/C25H22FN3O4S/c1-33-21-4-2-3-16(13-21)24-22-10-5-17(25(30)27-19-11-12-34(31,32)15-19)14-23(22)29(28-24)20-8-6-18(26)7-9-20/h2-10,13-14,19H,11-12,15H2,1H3,(H,27,30). The summed E-state index contributed by atoms with van der Waals surface area (Å²) in [7, 11) is -1.51. The van der Waals surface area contributed by atoms with Crippen molar-refractivity contribution in [3.05, 3.63) is 78.1 Å². The molecule has 1 saturated heterocycles. The molecule has 1 aliphatic heterocycles. The molecule has 174 valence electrons. The summed E-state index contributed by atoms with van der Waals surface area (Å²) in [5, 5.41) is 8.41. The van der Waals surface area contributed by atoms with Crippen LogP contribution in [-0.4, -0.2) is 48.8 Å². The van der Waals surface area contributed by atoms with E-state index in [4.69, 9.17) is 9.84 Å². The molecule has 34 heavy (non-hydrogen) atoms. The lowest BCUT2D eigenvalue weighted by Gasteiger charge is -2.11. The summed E-state index contributed by atoms with van der Waals surface area (Å²) in [6.45, 7) is 0. The Morgan fingerprint density at radius 2 is 1.91 bits per heavy atom. The number of nitrogens with one attached hydrogen (secondary N) is 1. The maximum absolute atomic E-state index is 13.5. The van der Waals surface area contributed by atoms with E-state index in [0.29, 0.717) is 34.6 Å². The smallest absolute Gasteiger partial charge is 0.251 e. The Bertz CT molecular complexity index is 1500. The molecule has 0 aliphatic carbocycles. The van der Waals surface area contributed by atoms with Crippen molar-refractivity contribution in [2.24, 2.45) is 0 Å². The number of carbonyl (C=O) groups is 1. The number of aromatic nitrogens is 2. The Morgan fingerprint density at radius 3 is 2.62 bits per heavy atom. The second-order valence-corrected chi connectivity index (χ2v) is 10.5. The minimum atomic E-state index is -3.11. The van der Waals surface area contributed by atoms with E-state index in [0.717, 1.165) is 10.9 Å². The number of hydrogen-bond acceptors (Lipinski definition) is 5. The van der Waals surface area contributed by atoms with Crippen molar-refractivity contribution in [3.63, 3.8) is 0 Å². The quantitative estimate of drug-likeness (QED) is 0.471. The third-order valence-electron chi connectivity index (χ3n) is 5.93. The number of amides is 1. The van der Waals surface area contributed by atoms with Crippen LogP contribution in [0, 0.1) is 5.82 Å². The molecule has 0 saturated carbocycles. The first-order valence-electron chi connectivity index (χ1n) is 10.8. The van der Waals surface area contributed by atoms with Gasteiger partial charge in [-0.15, -0.1) is 0 Å². The molecular weight excluding hydrogens is 457 g/mol. The molecule has 4 aromatic rings. The molecule has 1 aliphatic rings. The predicted molar refractivity (Wildman–Crippen MR) is 128 cm³/mol. The minimum Gasteiger partial charge on any atom is -0.497 e. The van der Waals surface area contributed by atoms with Crippen LogP contribution in [0.1, 0.15) is 16.8 Å². The van der Waals surface area contributed by atoms with E-state index in [1.165, 1.54) is 12.1 Å². The molecule has 0 bridgehead atoms. The topological polar surface area (TPSA) is 90.3 Å². The van der Waals surface area contributed by atoms with E-state index in [1.54, 1.807) is 36.1 Å². The second-order valence-electron chi connectivity index (χ2n) is 8.27. The lowest BCUT2D eigenvalue weighted by atomic mass is 10.1. The van der Waals surface area contributed by atoms with Gasteiger partial charge >= 0.3 is 0 Å². The Balaban J connectivity index is 1.59. The van der Waals surface area contributed by atoms with Gasteiger partial charge in [-0.2, -0.15) is 5.10 Å². The fraction of sp³-hybridized carbons (Fsp3) is 0.200. The average Bonchev–Trinajstić information content (AvgIpc) is 3.38. The number of hydrogen-bond donors (Lipinski definition) is 1. The van der Waals surface area contributed by atoms with Crippen molar-refractivity contribution in [2.75, 3.05) is 18.6 Å². The summed E-state index contributed by atoms with van der Waals surface area (Å²) in [5.74, 6) is 0.00952. The summed E-state index contributed by atoms with van der Waals surface area (Å²) in [5.41, 5.74) is 3.21.